The van der Waals surface area contributed by atoms with Gasteiger partial charge >= 0.3 is 0 Å². The lowest BCUT2D eigenvalue weighted by Gasteiger charge is -2.36. The lowest BCUT2D eigenvalue weighted by atomic mass is 9.98. The summed E-state index contributed by atoms with van der Waals surface area (Å²) in [5, 5.41) is 14.3. The third-order valence-corrected chi connectivity index (χ3v) is 6.34. The fourth-order valence-corrected chi connectivity index (χ4v) is 5.01. The summed E-state index contributed by atoms with van der Waals surface area (Å²) in [7, 11) is 1.84. The van der Waals surface area contributed by atoms with Crippen LogP contribution in [0.25, 0.3) is 0 Å². The van der Waals surface area contributed by atoms with Crippen LogP contribution in [-0.2, 0) is 13.5 Å². The normalized spacial score (nSPS) is 26.5. The van der Waals surface area contributed by atoms with Gasteiger partial charge in [-0.25, -0.2) is 9.97 Å². The van der Waals surface area contributed by atoms with E-state index in [1.165, 1.54) is 0 Å². The summed E-state index contributed by atoms with van der Waals surface area (Å²) in [6.07, 6.45) is 7.92. The van der Waals surface area contributed by atoms with E-state index in [-0.39, 0.29) is 24.1 Å². The molecule has 8 heteroatoms. The van der Waals surface area contributed by atoms with Gasteiger partial charge in [-0.05, 0) is 32.6 Å². The van der Waals surface area contributed by atoms with E-state index < -0.39 is 0 Å². The second-order valence-corrected chi connectivity index (χ2v) is 8.28. The first kappa shape index (κ1) is 17.6. The predicted octanol–water partition coefficient (Wildman–Crippen LogP) is 1.38. The van der Waals surface area contributed by atoms with E-state index in [2.05, 4.69) is 15.0 Å². The van der Waals surface area contributed by atoms with Gasteiger partial charge in [-0.2, -0.15) is 5.10 Å². The minimum Gasteiger partial charge on any atom is -0.391 e. The van der Waals surface area contributed by atoms with Crippen LogP contribution in [0.5, 0.6) is 0 Å². The number of hydrogen-bond donors (Lipinski definition) is 1. The Labute approximate surface area is 164 Å². The summed E-state index contributed by atoms with van der Waals surface area (Å²) < 4.78 is 1.70. The molecule has 2 aromatic rings. The van der Waals surface area contributed by atoms with Gasteiger partial charge in [-0.15, -0.1) is 0 Å². The molecule has 1 amide bonds. The average molecular weight is 382 g/mol. The van der Waals surface area contributed by atoms with Crippen molar-refractivity contribution in [3.63, 3.8) is 0 Å². The van der Waals surface area contributed by atoms with Crippen LogP contribution in [0.15, 0.2) is 12.4 Å². The molecule has 5 heterocycles. The van der Waals surface area contributed by atoms with Crippen molar-refractivity contribution in [2.24, 2.45) is 7.05 Å². The molecule has 1 N–H and O–H groups in total. The third-order valence-electron chi connectivity index (χ3n) is 6.34. The number of aromatic nitrogens is 4. The van der Waals surface area contributed by atoms with Gasteiger partial charge in [-0.3, -0.25) is 9.48 Å². The number of aryl methyl sites for hydroxylation is 2. The average Bonchev–Trinajstić information content (AvgIpc) is 3.18. The van der Waals surface area contributed by atoms with Crippen molar-refractivity contribution in [2.45, 2.75) is 57.2 Å². The van der Waals surface area contributed by atoms with Gasteiger partial charge in [0, 0.05) is 50.6 Å². The van der Waals surface area contributed by atoms with Gasteiger partial charge in [0.15, 0.2) is 0 Å². The summed E-state index contributed by atoms with van der Waals surface area (Å²) in [4.78, 5) is 26.8. The molecule has 2 saturated heterocycles. The van der Waals surface area contributed by atoms with Crippen molar-refractivity contribution in [1.82, 2.24) is 24.6 Å². The molecule has 3 aliphatic heterocycles. The highest BCUT2D eigenvalue weighted by molar-refractivity contribution is 5.96. The fraction of sp³-hybridized carbons (Fsp3) is 0.600. The lowest BCUT2D eigenvalue weighted by Crippen LogP contribution is -2.43. The maximum Gasteiger partial charge on any atom is 0.258 e. The van der Waals surface area contributed by atoms with Crippen molar-refractivity contribution in [1.29, 1.82) is 0 Å². The first-order valence-electron chi connectivity index (χ1n) is 10.1. The Morgan fingerprint density at radius 2 is 2.14 bits per heavy atom. The number of hydrogen-bond acceptors (Lipinski definition) is 6. The minimum absolute atomic E-state index is 0.0434. The smallest absolute Gasteiger partial charge is 0.258 e. The van der Waals surface area contributed by atoms with Gasteiger partial charge in [-0.1, -0.05) is 0 Å². The standard InChI is InChI=1S/C20H26N6O2/c1-12-16(11-24(2)23-12)19(28)26-13-5-6-18(26)15-9-21-20(22-17(15)8-13)25-7-3-4-14(27)10-25/h9,11,13-14,18,27H,3-8,10H2,1-2H3/t13-,14-,18-/m0/s1. The van der Waals surface area contributed by atoms with E-state index in [1.807, 2.05) is 31.3 Å². The molecule has 0 radical (unpaired) electrons. The first-order valence-corrected chi connectivity index (χ1v) is 10.1. The van der Waals surface area contributed by atoms with Crippen molar-refractivity contribution in [3.8, 4) is 0 Å². The van der Waals surface area contributed by atoms with Crippen LogP contribution in [0.4, 0.5) is 5.95 Å². The molecule has 2 bridgehead atoms. The molecule has 28 heavy (non-hydrogen) atoms. The number of amides is 1. The summed E-state index contributed by atoms with van der Waals surface area (Å²) >= 11 is 0. The molecule has 5 rings (SSSR count). The summed E-state index contributed by atoms with van der Waals surface area (Å²) in [6.45, 7) is 3.36. The molecule has 0 aromatic carbocycles. The Morgan fingerprint density at radius 1 is 1.29 bits per heavy atom. The van der Waals surface area contributed by atoms with Crippen molar-refractivity contribution in [2.75, 3.05) is 18.0 Å². The predicted molar refractivity (Wildman–Crippen MR) is 103 cm³/mol. The zero-order chi connectivity index (χ0) is 19.4. The highest BCUT2D eigenvalue weighted by atomic mass is 16.3. The fourth-order valence-electron chi connectivity index (χ4n) is 5.01. The van der Waals surface area contributed by atoms with Gasteiger partial charge in [0.05, 0.1) is 29.1 Å². The molecular formula is C20H26N6O2. The zero-order valence-corrected chi connectivity index (χ0v) is 16.4. The second kappa shape index (κ2) is 6.55. The van der Waals surface area contributed by atoms with E-state index in [9.17, 15) is 9.90 Å². The van der Waals surface area contributed by atoms with Crippen LogP contribution in [-0.4, -0.2) is 60.9 Å². The molecule has 0 spiro atoms. The molecule has 3 atom stereocenters. The third kappa shape index (κ3) is 2.78. The topological polar surface area (TPSA) is 87.4 Å². The van der Waals surface area contributed by atoms with Gasteiger partial charge < -0.3 is 14.9 Å². The highest BCUT2D eigenvalue weighted by Crippen LogP contribution is 2.44. The Bertz CT molecular complexity index is 925. The number of nitrogens with zero attached hydrogens (tertiary/aromatic N) is 6. The Balaban J connectivity index is 1.44. The monoisotopic (exact) mass is 382 g/mol. The largest absolute Gasteiger partial charge is 0.391 e. The minimum atomic E-state index is -0.305. The number of aliphatic hydroxyl groups excluding tert-OH is 1. The Morgan fingerprint density at radius 3 is 2.89 bits per heavy atom. The summed E-state index contributed by atoms with van der Waals surface area (Å²) in [5.41, 5.74) is 3.59. The number of rotatable bonds is 2. The van der Waals surface area contributed by atoms with Crippen molar-refractivity contribution in [3.05, 3.63) is 34.9 Å². The van der Waals surface area contributed by atoms with Gasteiger partial charge in [0.2, 0.25) is 5.95 Å². The van der Waals surface area contributed by atoms with Gasteiger partial charge in [0.25, 0.3) is 5.91 Å². The maximum absolute atomic E-state index is 13.3. The van der Waals surface area contributed by atoms with Crippen molar-refractivity contribution >= 4 is 11.9 Å². The lowest BCUT2D eigenvalue weighted by molar-refractivity contribution is 0.0643. The quantitative estimate of drug-likeness (QED) is 0.844. The van der Waals surface area contributed by atoms with Crippen LogP contribution in [0.3, 0.4) is 0 Å². The molecule has 0 saturated carbocycles. The number of aliphatic hydroxyl groups is 1. The number of β-amino-alcohol motifs (C(OH)–C–C–N with tert-alkyl or cyclic N) is 1. The van der Waals surface area contributed by atoms with E-state index in [0.29, 0.717) is 18.1 Å². The maximum atomic E-state index is 13.3. The molecule has 2 aromatic heterocycles. The van der Waals surface area contributed by atoms with E-state index >= 15 is 0 Å². The van der Waals surface area contributed by atoms with E-state index in [4.69, 9.17) is 4.98 Å². The number of piperidine rings is 1. The number of anilines is 1. The Kier molecular flexibility index (Phi) is 4.12. The van der Waals surface area contributed by atoms with Crippen LogP contribution in [0.1, 0.15) is 59.0 Å². The van der Waals surface area contributed by atoms with E-state index in [0.717, 1.165) is 55.6 Å². The molecule has 8 nitrogen and oxygen atoms in total. The van der Waals surface area contributed by atoms with Crippen LogP contribution < -0.4 is 4.90 Å². The van der Waals surface area contributed by atoms with Crippen molar-refractivity contribution < 1.29 is 9.90 Å². The molecule has 3 aliphatic rings. The Hall–Kier alpha value is -2.48. The van der Waals surface area contributed by atoms with Crippen LogP contribution in [0.2, 0.25) is 0 Å². The highest BCUT2D eigenvalue weighted by Gasteiger charge is 2.44. The van der Waals surface area contributed by atoms with Gasteiger partial charge in [0.1, 0.15) is 0 Å². The number of carbonyl (C=O) groups is 1. The molecular weight excluding hydrogens is 356 g/mol. The summed E-state index contributed by atoms with van der Waals surface area (Å²) in [5.74, 6) is 0.770. The SMILES string of the molecule is Cc1nn(C)cc1C(=O)N1[C@H]2CC[C@H]1c1cnc(N3CCC[C@H](O)C3)nc1C2. The zero-order valence-electron chi connectivity index (χ0n) is 16.4. The second-order valence-electron chi connectivity index (χ2n) is 8.28. The molecule has 0 unspecified atom stereocenters. The molecule has 148 valence electrons. The summed E-state index contributed by atoms with van der Waals surface area (Å²) in [6, 6.07) is 0.223. The molecule has 2 fully saturated rings. The first-order chi connectivity index (χ1) is 13.5. The van der Waals surface area contributed by atoms with Crippen LogP contribution >= 0.6 is 0 Å². The van der Waals surface area contributed by atoms with E-state index in [1.54, 1.807) is 4.68 Å². The number of carbonyl (C=O) groups excluding carboxylic acids is 1. The number of fused-ring (bicyclic) bond motifs is 4. The van der Waals surface area contributed by atoms with Crippen LogP contribution in [0, 0.1) is 6.92 Å². The molecule has 0 aliphatic carbocycles.